The molecule has 3 aromatic rings. The van der Waals surface area contributed by atoms with Gasteiger partial charge in [0.2, 0.25) is 0 Å². The number of nitrogens with zero attached hydrogens (tertiary/aromatic N) is 4. The molecule has 2 N–H and O–H groups in total. The van der Waals surface area contributed by atoms with E-state index in [9.17, 15) is 0 Å². The second kappa shape index (κ2) is 5.05. The molecule has 0 saturated carbocycles. The van der Waals surface area contributed by atoms with Crippen LogP contribution in [0.25, 0.3) is 11.0 Å². The first-order chi connectivity index (χ1) is 9.66. The van der Waals surface area contributed by atoms with Crippen LogP contribution in [0.2, 0.25) is 0 Å². The highest BCUT2D eigenvalue weighted by molar-refractivity contribution is 5.75. The van der Waals surface area contributed by atoms with Crippen LogP contribution in [-0.2, 0) is 7.05 Å². The van der Waals surface area contributed by atoms with Gasteiger partial charge in [-0.05, 0) is 26.0 Å². The molecule has 2 atom stereocenters. The van der Waals surface area contributed by atoms with E-state index in [1.165, 1.54) is 6.33 Å². The standard InChI is InChI=1S/C14H18N6/c1-9(13-15-8-16-19-13)17-10(2)14-18-11-6-4-5-7-12(11)20(14)3/h4-10,17H,1-3H3,(H,15,16,19). The average molecular weight is 270 g/mol. The minimum Gasteiger partial charge on any atom is -0.330 e. The van der Waals surface area contributed by atoms with Crippen LogP contribution in [0.4, 0.5) is 0 Å². The SMILES string of the molecule is CC(NC(C)c1nc2ccccc2n1C)c1ncn[nH]1. The van der Waals surface area contributed by atoms with Gasteiger partial charge in [0.05, 0.1) is 23.1 Å². The van der Waals surface area contributed by atoms with E-state index in [-0.39, 0.29) is 12.1 Å². The molecular formula is C14H18N6. The van der Waals surface area contributed by atoms with Gasteiger partial charge < -0.3 is 4.57 Å². The van der Waals surface area contributed by atoms with E-state index in [0.29, 0.717) is 0 Å². The number of aromatic nitrogens is 5. The number of benzene rings is 1. The number of para-hydroxylation sites is 2. The number of fused-ring (bicyclic) bond motifs is 1. The molecule has 2 unspecified atom stereocenters. The quantitative estimate of drug-likeness (QED) is 0.761. The van der Waals surface area contributed by atoms with Crippen molar-refractivity contribution in [3.63, 3.8) is 0 Å². The van der Waals surface area contributed by atoms with E-state index in [1.807, 2.05) is 25.2 Å². The van der Waals surface area contributed by atoms with Crippen molar-refractivity contribution >= 4 is 11.0 Å². The zero-order valence-electron chi connectivity index (χ0n) is 11.8. The first-order valence-electron chi connectivity index (χ1n) is 6.69. The molecule has 0 aliphatic heterocycles. The fourth-order valence-corrected chi connectivity index (χ4v) is 2.50. The summed E-state index contributed by atoms with van der Waals surface area (Å²) >= 11 is 0. The fraction of sp³-hybridized carbons (Fsp3) is 0.357. The lowest BCUT2D eigenvalue weighted by Crippen LogP contribution is -2.25. The number of imidazole rings is 1. The van der Waals surface area contributed by atoms with E-state index in [0.717, 1.165) is 22.7 Å². The number of aromatic amines is 1. The molecule has 0 fully saturated rings. The van der Waals surface area contributed by atoms with Gasteiger partial charge in [0.15, 0.2) is 0 Å². The van der Waals surface area contributed by atoms with Crippen molar-refractivity contribution in [2.45, 2.75) is 25.9 Å². The van der Waals surface area contributed by atoms with E-state index in [1.54, 1.807) is 0 Å². The lowest BCUT2D eigenvalue weighted by atomic mass is 10.2. The van der Waals surface area contributed by atoms with Crippen LogP contribution >= 0.6 is 0 Å². The van der Waals surface area contributed by atoms with Crippen molar-refractivity contribution in [3.8, 4) is 0 Å². The number of nitrogens with one attached hydrogen (secondary N) is 2. The molecule has 0 amide bonds. The van der Waals surface area contributed by atoms with E-state index < -0.39 is 0 Å². The van der Waals surface area contributed by atoms with Gasteiger partial charge in [0.1, 0.15) is 18.0 Å². The number of H-pyrrole nitrogens is 1. The number of hydrogen-bond donors (Lipinski definition) is 2. The zero-order chi connectivity index (χ0) is 14.1. The first kappa shape index (κ1) is 12.8. The highest BCUT2D eigenvalue weighted by Crippen LogP contribution is 2.21. The Hall–Kier alpha value is -2.21. The summed E-state index contributed by atoms with van der Waals surface area (Å²) in [6.07, 6.45) is 1.52. The first-order valence-corrected chi connectivity index (χ1v) is 6.69. The fourth-order valence-electron chi connectivity index (χ4n) is 2.50. The maximum atomic E-state index is 4.70. The molecule has 2 heterocycles. The third-order valence-electron chi connectivity index (χ3n) is 3.55. The van der Waals surface area contributed by atoms with Gasteiger partial charge in [0.25, 0.3) is 0 Å². The minimum absolute atomic E-state index is 0.0901. The Morgan fingerprint density at radius 2 is 2.00 bits per heavy atom. The second-order valence-electron chi connectivity index (χ2n) is 5.00. The molecule has 0 radical (unpaired) electrons. The summed E-state index contributed by atoms with van der Waals surface area (Å²) in [5.41, 5.74) is 2.16. The lowest BCUT2D eigenvalue weighted by molar-refractivity contribution is 0.455. The predicted molar refractivity (Wildman–Crippen MR) is 77.1 cm³/mol. The maximum Gasteiger partial charge on any atom is 0.141 e. The molecule has 0 saturated heterocycles. The molecule has 0 aliphatic carbocycles. The van der Waals surface area contributed by atoms with Crippen LogP contribution < -0.4 is 5.32 Å². The Labute approximate surface area is 117 Å². The zero-order valence-corrected chi connectivity index (χ0v) is 11.8. The molecule has 104 valence electrons. The van der Waals surface area contributed by atoms with Crippen LogP contribution in [-0.4, -0.2) is 24.7 Å². The largest absolute Gasteiger partial charge is 0.330 e. The second-order valence-corrected chi connectivity index (χ2v) is 5.00. The summed E-state index contributed by atoms with van der Waals surface area (Å²) in [6, 6.07) is 8.36. The summed E-state index contributed by atoms with van der Waals surface area (Å²) in [5, 5.41) is 10.2. The van der Waals surface area contributed by atoms with Crippen LogP contribution in [0.5, 0.6) is 0 Å². The van der Waals surface area contributed by atoms with E-state index in [4.69, 9.17) is 4.98 Å². The molecule has 6 nitrogen and oxygen atoms in total. The molecule has 6 heteroatoms. The molecule has 3 rings (SSSR count). The highest BCUT2D eigenvalue weighted by Gasteiger charge is 2.18. The lowest BCUT2D eigenvalue weighted by Gasteiger charge is -2.18. The highest BCUT2D eigenvalue weighted by atomic mass is 15.2. The van der Waals surface area contributed by atoms with Gasteiger partial charge in [-0.3, -0.25) is 10.4 Å². The topological polar surface area (TPSA) is 71.4 Å². The summed E-state index contributed by atoms with van der Waals surface area (Å²) in [5.74, 6) is 1.84. The summed E-state index contributed by atoms with van der Waals surface area (Å²) in [6.45, 7) is 4.16. The van der Waals surface area contributed by atoms with E-state index in [2.05, 4.69) is 45.0 Å². The van der Waals surface area contributed by atoms with Gasteiger partial charge in [-0.25, -0.2) is 9.97 Å². The summed E-state index contributed by atoms with van der Waals surface area (Å²) in [7, 11) is 2.04. The Balaban J connectivity index is 1.85. The van der Waals surface area contributed by atoms with Gasteiger partial charge >= 0.3 is 0 Å². The molecule has 0 bridgehead atoms. The summed E-state index contributed by atoms with van der Waals surface area (Å²) in [4.78, 5) is 8.87. The molecule has 2 aromatic heterocycles. The van der Waals surface area contributed by atoms with Crippen molar-refractivity contribution in [1.29, 1.82) is 0 Å². The van der Waals surface area contributed by atoms with Crippen LogP contribution in [0.1, 0.15) is 37.6 Å². The van der Waals surface area contributed by atoms with Gasteiger partial charge in [0, 0.05) is 7.05 Å². The average Bonchev–Trinajstić information content (AvgIpc) is 3.07. The summed E-state index contributed by atoms with van der Waals surface area (Å²) < 4.78 is 2.13. The normalized spacial score (nSPS) is 14.6. The Morgan fingerprint density at radius 3 is 2.70 bits per heavy atom. The van der Waals surface area contributed by atoms with Crippen molar-refractivity contribution in [1.82, 2.24) is 30.0 Å². The number of hydrogen-bond acceptors (Lipinski definition) is 4. The molecule has 0 spiro atoms. The van der Waals surface area contributed by atoms with Crippen LogP contribution in [0, 0.1) is 0 Å². The molecular weight excluding hydrogens is 252 g/mol. The van der Waals surface area contributed by atoms with Crippen molar-refractivity contribution in [2.24, 2.45) is 7.05 Å². The van der Waals surface area contributed by atoms with Gasteiger partial charge in [-0.15, -0.1) is 0 Å². The number of aryl methyl sites for hydroxylation is 1. The van der Waals surface area contributed by atoms with Crippen molar-refractivity contribution in [2.75, 3.05) is 0 Å². The smallest absolute Gasteiger partial charge is 0.141 e. The van der Waals surface area contributed by atoms with Crippen LogP contribution in [0.3, 0.4) is 0 Å². The monoisotopic (exact) mass is 270 g/mol. The minimum atomic E-state index is 0.0901. The maximum absolute atomic E-state index is 4.70. The van der Waals surface area contributed by atoms with Crippen LogP contribution in [0.15, 0.2) is 30.6 Å². The third-order valence-corrected chi connectivity index (χ3v) is 3.55. The third kappa shape index (κ3) is 2.18. The van der Waals surface area contributed by atoms with E-state index >= 15 is 0 Å². The van der Waals surface area contributed by atoms with Crippen molar-refractivity contribution < 1.29 is 0 Å². The molecule has 0 aliphatic rings. The molecule has 20 heavy (non-hydrogen) atoms. The Kier molecular flexibility index (Phi) is 3.23. The molecule has 1 aromatic carbocycles. The Morgan fingerprint density at radius 1 is 1.20 bits per heavy atom. The van der Waals surface area contributed by atoms with Gasteiger partial charge in [-0.2, -0.15) is 5.10 Å². The van der Waals surface area contributed by atoms with Gasteiger partial charge in [-0.1, -0.05) is 12.1 Å². The van der Waals surface area contributed by atoms with Crippen molar-refractivity contribution in [3.05, 3.63) is 42.2 Å². The Bertz CT molecular complexity index is 700. The number of rotatable bonds is 4. The predicted octanol–water partition coefficient (Wildman–Crippen LogP) is 2.10.